The van der Waals surface area contributed by atoms with Gasteiger partial charge in [-0.05, 0) is 30.3 Å². The van der Waals surface area contributed by atoms with E-state index in [2.05, 4.69) is 10.4 Å². The predicted octanol–water partition coefficient (Wildman–Crippen LogP) is 2.19. The molecule has 1 amide bonds. The number of anilines is 1. The smallest absolute Gasteiger partial charge is 0.276 e. The summed E-state index contributed by atoms with van der Waals surface area (Å²) >= 11 is 0. The van der Waals surface area contributed by atoms with Crippen LogP contribution < -0.4 is 5.32 Å². The molecule has 0 spiro atoms. The molecule has 172 valence electrons. The Balaban J connectivity index is 1.54. The molecule has 1 aliphatic rings. The van der Waals surface area contributed by atoms with Crippen LogP contribution in [0.15, 0.2) is 59.6 Å². The molecule has 13 heteroatoms. The van der Waals surface area contributed by atoms with E-state index >= 15 is 0 Å². The molecule has 0 bridgehead atoms. The van der Waals surface area contributed by atoms with Crippen molar-refractivity contribution in [3.8, 4) is 5.69 Å². The second-order valence-electron chi connectivity index (χ2n) is 7.04. The number of nitrogens with one attached hydrogen (secondary N) is 1. The number of carbonyl (C=O) groups is 1. The third-order valence-electron chi connectivity index (χ3n) is 4.90. The lowest BCUT2D eigenvalue weighted by molar-refractivity contribution is -0.384. The number of hydrogen-bond donors (Lipinski definition) is 1. The highest BCUT2D eigenvalue weighted by molar-refractivity contribution is 7.89. The molecule has 0 saturated carbocycles. The molecule has 0 unspecified atom stereocenters. The Hall–Kier alpha value is -3.68. The van der Waals surface area contributed by atoms with E-state index in [1.807, 2.05) is 0 Å². The number of amides is 1. The standard InChI is InChI=1S/C20H18FN5O6S/c21-17-5-4-14(12-19(17)33(30,31)24-8-10-32-11-9-24)22-20(27)18-6-7-25(23-18)15-2-1-3-16(13-15)26(28)29/h1-7,12-13H,8-11H2,(H,22,27). The van der Waals surface area contributed by atoms with Crippen molar-refractivity contribution in [2.24, 2.45) is 0 Å². The van der Waals surface area contributed by atoms with Crippen molar-refractivity contribution in [3.05, 3.63) is 76.4 Å². The Morgan fingerprint density at radius 2 is 1.91 bits per heavy atom. The zero-order valence-corrected chi connectivity index (χ0v) is 17.9. The molecule has 11 nitrogen and oxygen atoms in total. The van der Waals surface area contributed by atoms with Crippen molar-refractivity contribution in [3.63, 3.8) is 0 Å². The number of halogens is 1. The van der Waals surface area contributed by atoms with Crippen LogP contribution in [0.2, 0.25) is 0 Å². The molecule has 2 heterocycles. The monoisotopic (exact) mass is 475 g/mol. The summed E-state index contributed by atoms with van der Waals surface area (Å²) < 4.78 is 47.5. The third-order valence-corrected chi connectivity index (χ3v) is 6.82. The summed E-state index contributed by atoms with van der Waals surface area (Å²) in [6, 6.07) is 10.4. The average molecular weight is 475 g/mol. The van der Waals surface area contributed by atoms with Gasteiger partial charge in [0, 0.05) is 37.1 Å². The van der Waals surface area contributed by atoms with Gasteiger partial charge in [0.2, 0.25) is 10.0 Å². The van der Waals surface area contributed by atoms with Gasteiger partial charge >= 0.3 is 0 Å². The second-order valence-corrected chi connectivity index (χ2v) is 8.94. The first-order valence-electron chi connectivity index (χ1n) is 9.75. The molecule has 1 N–H and O–H groups in total. The van der Waals surface area contributed by atoms with Gasteiger partial charge in [-0.2, -0.15) is 9.40 Å². The highest BCUT2D eigenvalue weighted by Crippen LogP contribution is 2.24. The topological polar surface area (TPSA) is 137 Å². The van der Waals surface area contributed by atoms with Crippen LogP contribution in [0.1, 0.15) is 10.5 Å². The quantitative estimate of drug-likeness (QED) is 0.426. The van der Waals surface area contributed by atoms with Crippen molar-refractivity contribution in [2.75, 3.05) is 31.6 Å². The Morgan fingerprint density at radius 3 is 2.64 bits per heavy atom. The summed E-state index contributed by atoms with van der Waals surface area (Å²) in [5.41, 5.74) is 0.291. The molecule has 1 aromatic heterocycles. The summed E-state index contributed by atoms with van der Waals surface area (Å²) in [4.78, 5) is 22.5. The Kier molecular flexibility index (Phi) is 6.18. The summed E-state index contributed by atoms with van der Waals surface area (Å²) in [5, 5.41) is 17.6. The molecule has 2 aromatic carbocycles. The molecule has 33 heavy (non-hydrogen) atoms. The second kappa shape index (κ2) is 9.05. The van der Waals surface area contributed by atoms with Gasteiger partial charge < -0.3 is 10.1 Å². The van der Waals surface area contributed by atoms with E-state index in [9.17, 15) is 27.7 Å². The van der Waals surface area contributed by atoms with Crippen molar-refractivity contribution in [1.29, 1.82) is 0 Å². The summed E-state index contributed by atoms with van der Waals surface area (Å²) in [6.45, 7) is 0.635. The lowest BCUT2D eigenvalue weighted by Crippen LogP contribution is -2.40. The van der Waals surface area contributed by atoms with Gasteiger partial charge in [0.1, 0.15) is 10.7 Å². The number of benzene rings is 2. The number of carbonyl (C=O) groups excluding carboxylic acids is 1. The van der Waals surface area contributed by atoms with Crippen LogP contribution in [0.25, 0.3) is 5.69 Å². The first kappa shape index (κ1) is 22.5. The van der Waals surface area contributed by atoms with Crippen molar-refractivity contribution >= 4 is 27.3 Å². The van der Waals surface area contributed by atoms with Gasteiger partial charge in [0.05, 0.1) is 23.8 Å². The molecule has 1 fully saturated rings. The molecule has 0 radical (unpaired) electrons. The molecule has 1 saturated heterocycles. The summed E-state index contributed by atoms with van der Waals surface area (Å²) in [6.07, 6.45) is 1.45. The highest BCUT2D eigenvalue weighted by Gasteiger charge is 2.29. The van der Waals surface area contributed by atoms with Crippen LogP contribution in [-0.4, -0.2) is 59.6 Å². The van der Waals surface area contributed by atoms with E-state index < -0.39 is 31.6 Å². The van der Waals surface area contributed by atoms with Gasteiger partial charge in [-0.1, -0.05) is 6.07 Å². The SMILES string of the molecule is O=C(Nc1ccc(F)c(S(=O)(=O)N2CCOCC2)c1)c1ccn(-c2cccc([N+](=O)[O-])c2)n1. The van der Waals surface area contributed by atoms with E-state index in [1.54, 1.807) is 6.07 Å². The van der Waals surface area contributed by atoms with E-state index in [1.165, 1.54) is 41.2 Å². The van der Waals surface area contributed by atoms with Gasteiger partial charge in [-0.25, -0.2) is 17.5 Å². The number of nitro benzene ring substituents is 1. The van der Waals surface area contributed by atoms with E-state index in [0.717, 1.165) is 16.4 Å². The summed E-state index contributed by atoms with van der Waals surface area (Å²) in [5.74, 6) is -1.60. The molecule has 4 rings (SSSR count). The van der Waals surface area contributed by atoms with Crippen LogP contribution in [0.4, 0.5) is 15.8 Å². The fourth-order valence-electron chi connectivity index (χ4n) is 3.24. The van der Waals surface area contributed by atoms with Crippen LogP contribution in [0, 0.1) is 15.9 Å². The van der Waals surface area contributed by atoms with Crippen molar-refractivity contribution in [1.82, 2.24) is 14.1 Å². The minimum atomic E-state index is -4.11. The number of nitro groups is 1. The maximum absolute atomic E-state index is 14.3. The maximum Gasteiger partial charge on any atom is 0.276 e. The van der Waals surface area contributed by atoms with Crippen LogP contribution in [-0.2, 0) is 14.8 Å². The zero-order valence-electron chi connectivity index (χ0n) is 17.0. The highest BCUT2D eigenvalue weighted by atomic mass is 32.2. The molecular formula is C20H18FN5O6S. The molecule has 0 aliphatic carbocycles. The lowest BCUT2D eigenvalue weighted by atomic mass is 10.3. The zero-order chi connectivity index (χ0) is 23.6. The van der Waals surface area contributed by atoms with Gasteiger partial charge in [-0.3, -0.25) is 14.9 Å². The molecule has 1 aliphatic heterocycles. The number of ether oxygens (including phenoxy) is 1. The fourth-order valence-corrected chi connectivity index (χ4v) is 4.74. The van der Waals surface area contributed by atoms with Crippen LogP contribution in [0.3, 0.4) is 0 Å². The van der Waals surface area contributed by atoms with Gasteiger partial charge in [-0.15, -0.1) is 0 Å². The Morgan fingerprint density at radius 1 is 1.15 bits per heavy atom. The number of hydrogen-bond acceptors (Lipinski definition) is 7. The minimum absolute atomic E-state index is 0.0246. The maximum atomic E-state index is 14.3. The number of aromatic nitrogens is 2. The number of morpholine rings is 1. The predicted molar refractivity (Wildman–Crippen MR) is 114 cm³/mol. The average Bonchev–Trinajstić information content (AvgIpc) is 3.31. The van der Waals surface area contributed by atoms with Crippen LogP contribution in [0.5, 0.6) is 0 Å². The number of sulfonamides is 1. The van der Waals surface area contributed by atoms with E-state index in [4.69, 9.17) is 4.74 Å². The molecule has 0 atom stereocenters. The summed E-state index contributed by atoms with van der Waals surface area (Å²) in [7, 11) is -4.11. The fraction of sp³-hybridized carbons (Fsp3) is 0.200. The first-order chi connectivity index (χ1) is 15.8. The lowest BCUT2D eigenvalue weighted by Gasteiger charge is -2.26. The first-order valence-corrected chi connectivity index (χ1v) is 11.2. The molecular weight excluding hydrogens is 457 g/mol. The third kappa shape index (κ3) is 4.74. The molecule has 3 aromatic rings. The van der Waals surface area contributed by atoms with E-state index in [0.29, 0.717) is 5.69 Å². The van der Waals surface area contributed by atoms with Crippen LogP contribution >= 0.6 is 0 Å². The normalized spacial score (nSPS) is 14.7. The number of rotatable bonds is 6. The Bertz CT molecular complexity index is 1320. The van der Waals surface area contributed by atoms with Gasteiger partial charge in [0.25, 0.3) is 11.6 Å². The largest absolute Gasteiger partial charge is 0.379 e. The minimum Gasteiger partial charge on any atom is -0.379 e. The van der Waals surface area contributed by atoms with E-state index in [-0.39, 0.29) is 43.4 Å². The number of non-ortho nitro benzene ring substituents is 1. The van der Waals surface area contributed by atoms with Gasteiger partial charge in [0.15, 0.2) is 5.69 Å². The Labute approximate surface area is 187 Å². The van der Waals surface area contributed by atoms with Crippen molar-refractivity contribution < 1.29 is 27.3 Å². The number of nitrogens with zero attached hydrogens (tertiary/aromatic N) is 4. The van der Waals surface area contributed by atoms with Crippen molar-refractivity contribution in [2.45, 2.75) is 4.90 Å².